The Morgan fingerprint density at radius 2 is 1.66 bits per heavy atom. The fourth-order valence-electron chi connectivity index (χ4n) is 4.97. The Kier molecular flexibility index (Phi) is 7.65. The summed E-state index contributed by atoms with van der Waals surface area (Å²) < 4.78 is 53.8. The van der Waals surface area contributed by atoms with Crippen molar-refractivity contribution in [2.24, 2.45) is 0 Å². The van der Waals surface area contributed by atoms with Gasteiger partial charge in [0.1, 0.15) is 11.5 Å². The highest BCUT2D eigenvalue weighted by Gasteiger charge is 2.23. The summed E-state index contributed by atoms with van der Waals surface area (Å²) in [5.41, 5.74) is 0.525. The summed E-state index contributed by atoms with van der Waals surface area (Å²) in [6.45, 7) is 1.61. The number of hydrogen-bond acceptors (Lipinski definition) is 4. The first-order chi connectivity index (χ1) is 18.5. The van der Waals surface area contributed by atoms with Crippen LogP contribution < -0.4 is 14.8 Å². The van der Waals surface area contributed by atoms with Gasteiger partial charge in [-0.3, -0.25) is 4.79 Å². The van der Waals surface area contributed by atoms with Crippen molar-refractivity contribution >= 4 is 16.6 Å². The molecule has 0 aliphatic carbocycles. The molecule has 4 aromatic carbocycles. The maximum Gasteiger partial charge on any atom is 0.195 e. The molecule has 0 amide bonds. The summed E-state index contributed by atoms with van der Waals surface area (Å²) in [7, 11) is 1.54. The van der Waals surface area contributed by atoms with Crippen LogP contribution in [0.4, 0.5) is 13.2 Å². The Balaban J connectivity index is 1.48. The minimum Gasteiger partial charge on any atom is -0.497 e. The molecule has 0 radical (unpaired) electrons. The summed E-state index contributed by atoms with van der Waals surface area (Å²) in [5, 5.41) is 4.73. The van der Waals surface area contributed by atoms with E-state index in [4.69, 9.17) is 9.47 Å². The third kappa shape index (κ3) is 5.24. The molecule has 1 aliphatic rings. The monoisotopic (exact) mass is 519 g/mol. The number of methoxy groups -OCH3 is 1. The molecule has 1 saturated heterocycles. The zero-order valence-electron chi connectivity index (χ0n) is 21.0. The molecule has 1 fully saturated rings. The topological polar surface area (TPSA) is 47.6 Å². The second-order valence-electron chi connectivity index (χ2n) is 9.44. The van der Waals surface area contributed by atoms with Gasteiger partial charge < -0.3 is 14.8 Å². The lowest BCUT2D eigenvalue weighted by atomic mass is 9.89. The highest BCUT2D eigenvalue weighted by atomic mass is 19.2. The molecule has 1 N–H and O–H groups in total. The van der Waals surface area contributed by atoms with Crippen LogP contribution in [0.25, 0.3) is 21.9 Å². The third-order valence-corrected chi connectivity index (χ3v) is 7.04. The van der Waals surface area contributed by atoms with Crippen molar-refractivity contribution in [3.8, 4) is 22.6 Å². The van der Waals surface area contributed by atoms with Gasteiger partial charge in [-0.05, 0) is 96.7 Å². The lowest BCUT2D eigenvalue weighted by Gasteiger charge is -2.23. The fourth-order valence-corrected chi connectivity index (χ4v) is 4.97. The SMILES string of the molecule is COc1ccc2c(C(=O)c3ccc(OCCC4CCCCN4)cc3)c(-c3ccc(F)c(F)c3F)ccc2c1. The largest absolute Gasteiger partial charge is 0.497 e. The second kappa shape index (κ2) is 11.3. The smallest absolute Gasteiger partial charge is 0.195 e. The number of carbonyl (C=O) groups is 1. The molecule has 4 aromatic rings. The van der Waals surface area contributed by atoms with E-state index in [1.807, 2.05) is 0 Å². The van der Waals surface area contributed by atoms with Crippen molar-refractivity contribution in [3.63, 3.8) is 0 Å². The Labute approximate surface area is 219 Å². The predicted octanol–water partition coefficient (Wildman–Crippen LogP) is 7.07. The molecular formula is C31H28F3NO3. The number of piperidine rings is 1. The van der Waals surface area contributed by atoms with Crippen LogP contribution in [0.3, 0.4) is 0 Å². The van der Waals surface area contributed by atoms with Gasteiger partial charge >= 0.3 is 0 Å². The van der Waals surface area contributed by atoms with Crippen molar-refractivity contribution in [2.45, 2.75) is 31.7 Å². The number of rotatable bonds is 8. The van der Waals surface area contributed by atoms with Gasteiger partial charge in [-0.2, -0.15) is 0 Å². The van der Waals surface area contributed by atoms with Gasteiger partial charge in [0.25, 0.3) is 0 Å². The van der Waals surface area contributed by atoms with Gasteiger partial charge in [0.2, 0.25) is 0 Å². The predicted molar refractivity (Wildman–Crippen MR) is 141 cm³/mol. The number of ether oxygens (including phenoxy) is 2. The molecule has 1 aliphatic heterocycles. The normalized spacial score (nSPS) is 15.4. The lowest BCUT2D eigenvalue weighted by molar-refractivity contribution is 0.104. The second-order valence-corrected chi connectivity index (χ2v) is 9.44. The number of ketones is 1. The molecule has 38 heavy (non-hydrogen) atoms. The molecule has 4 nitrogen and oxygen atoms in total. The summed E-state index contributed by atoms with van der Waals surface area (Å²) in [6, 6.07) is 17.6. The number of nitrogens with one attached hydrogen (secondary N) is 1. The summed E-state index contributed by atoms with van der Waals surface area (Å²) >= 11 is 0. The van der Waals surface area contributed by atoms with E-state index in [2.05, 4.69) is 5.32 Å². The van der Waals surface area contributed by atoms with E-state index in [0.717, 1.165) is 31.5 Å². The van der Waals surface area contributed by atoms with Crippen molar-refractivity contribution in [3.05, 3.63) is 95.3 Å². The fraction of sp³-hybridized carbons (Fsp3) is 0.258. The molecule has 196 valence electrons. The van der Waals surface area contributed by atoms with E-state index in [-0.39, 0.29) is 22.5 Å². The molecule has 0 spiro atoms. The summed E-state index contributed by atoms with van der Waals surface area (Å²) in [5.74, 6) is -3.36. The van der Waals surface area contributed by atoms with Gasteiger partial charge in [-0.1, -0.05) is 18.6 Å². The minimum absolute atomic E-state index is 0.171. The number of hydrogen-bond donors (Lipinski definition) is 1. The van der Waals surface area contributed by atoms with Crippen LogP contribution in [0, 0.1) is 17.5 Å². The number of halogens is 3. The molecule has 0 aromatic heterocycles. The molecule has 7 heteroatoms. The quantitative estimate of drug-likeness (QED) is 0.200. The van der Waals surface area contributed by atoms with Crippen LogP contribution in [0.15, 0.2) is 66.7 Å². The Morgan fingerprint density at radius 3 is 2.39 bits per heavy atom. The lowest BCUT2D eigenvalue weighted by Crippen LogP contribution is -2.35. The van der Waals surface area contributed by atoms with E-state index in [9.17, 15) is 18.0 Å². The molecule has 1 unspecified atom stereocenters. The van der Waals surface area contributed by atoms with Crippen molar-refractivity contribution < 1.29 is 27.4 Å². The number of benzene rings is 4. The van der Waals surface area contributed by atoms with Gasteiger partial charge in [0.15, 0.2) is 23.2 Å². The van der Waals surface area contributed by atoms with Gasteiger partial charge in [-0.25, -0.2) is 13.2 Å². The summed E-state index contributed by atoms with van der Waals surface area (Å²) in [4.78, 5) is 13.8. The Hall–Kier alpha value is -3.84. The Bertz CT molecular complexity index is 1460. The maximum atomic E-state index is 14.9. The van der Waals surface area contributed by atoms with Crippen LogP contribution >= 0.6 is 0 Å². The van der Waals surface area contributed by atoms with Crippen molar-refractivity contribution in [2.75, 3.05) is 20.3 Å². The van der Waals surface area contributed by atoms with Gasteiger partial charge in [-0.15, -0.1) is 0 Å². The standard InChI is InChI=1S/C31H28F3NO3/c1-37-23-10-12-24-20(18-23)7-11-25(26-13-14-27(32)30(34)29(26)33)28(24)31(36)19-5-8-22(9-6-19)38-17-15-21-4-2-3-16-35-21/h5-14,18,21,35H,2-4,15-17H2,1H3. The molecule has 1 atom stereocenters. The van der Waals surface area contributed by atoms with Crippen LogP contribution in [0.2, 0.25) is 0 Å². The van der Waals surface area contributed by atoms with E-state index in [0.29, 0.717) is 40.5 Å². The van der Waals surface area contributed by atoms with Crippen LogP contribution in [-0.4, -0.2) is 32.1 Å². The van der Waals surface area contributed by atoms with E-state index in [1.54, 1.807) is 54.6 Å². The first-order valence-electron chi connectivity index (χ1n) is 12.7. The van der Waals surface area contributed by atoms with E-state index >= 15 is 0 Å². The Morgan fingerprint density at radius 1 is 0.895 bits per heavy atom. The van der Waals surface area contributed by atoms with Crippen LogP contribution in [-0.2, 0) is 0 Å². The highest BCUT2D eigenvalue weighted by molar-refractivity contribution is 6.20. The summed E-state index contributed by atoms with van der Waals surface area (Å²) in [6.07, 6.45) is 4.49. The zero-order valence-corrected chi connectivity index (χ0v) is 21.0. The van der Waals surface area contributed by atoms with Gasteiger partial charge in [0, 0.05) is 22.7 Å². The van der Waals surface area contributed by atoms with Crippen molar-refractivity contribution in [1.29, 1.82) is 0 Å². The molecule has 1 heterocycles. The molecule has 0 saturated carbocycles. The first kappa shape index (κ1) is 25.8. The molecule has 5 rings (SSSR count). The van der Waals surface area contributed by atoms with Crippen LogP contribution in [0.5, 0.6) is 11.5 Å². The zero-order chi connectivity index (χ0) is 26.6. The number of carbonyl (C=O) groups excluding carboxylic acids is 1. The molecule has 0 bridgehead atoms. The van der Waals surface area contributed by atoms with Crippen LogP contribution in [0.1, 0.15) is 41.6 Å². The third-order valence-electron chi connectivity index (χ3n) is 7.04. The van der Waals surface area contributed by atoms with Gasteiger partial charge in [0.05, 0.1) is 13.7 Å². The minimum atomic E-state index is -1.58. The average Bonchev–Trinajstić information content (AvgIpc) is 2.96. The average molecular weight is 520 g/mol. The highest BCUT2D eigenvalue weighted by Crippen LogP contribution is 2.36. The molecular weight excluding hydrogens is 491 g/mol. The van der Waals surface area contributed by atoms with E-state index in [1.165, 1.54) is 20.0 Å². The first-order valence-corrected chi connectivity index (χ1v) is 12.7. The number of fused-ring (bicyclic) bond motifs is 1. The van der Waals surface area contributed by atoms with E-state index < -0.39 is 17.5 Å². The van der Waals surface area contributed by atoms with Crippen molar-refractivity contribution in [1.82, 2.24) is 5.32 Å². The maximum absolute atomic E-state index is 14.9.